The van der Waals surface area contributed by atoms with Crippen molar-refractivity contribution < 1.29 is 14.6 Å². The van der Waals surface area contributed by atoms with E-state index in [0.717, 1.165) is 0 Å². The van der Waals surface area contributed by atoms with Crippen molar-refractivity contribution in [3.8, 4) is 0 Å². The van der Waals surface area contributed by atoms with Gasteiger partial charge in [-0.1, -0.05) is 6.58 Å². The quantitative estimate of drug-likeness (QED) is 0.490. The predicted octanol–water partition coefficient (Wildman–Crippen LogP) is 0.877. The van der Waals surface area contributed by atoms with Crippen LogP contribution in [0, 0.1) is 0 Å². The highest BCUT2D eigenvalue weighted by Gasteiger charge is 2.21. The molecule has 0 fully saturated rings. The molecule has 0 saturated heterocycles. The van der Waals surface area contributed by atoms with Gasteiger partial charge < -0.3 is 9.84 Å². The summed E-state index contributed by atoms with van der Waals surface area (Å²) in [7, 11) is 0. The SMILES string of the molecule is C=C(C)C(=O)OC(C)(C)CO. The smallest absolute Gasteiger partial charge is 0.333 e. The summed E-state index contributed by atoms with van der Waals surface area (Å²) in [6.45, 7) is 8.06. The number of carbonyl (C=O) groups excluding carboxylic acids is 1. The van der Waals surface area contributed by atoms with Crippen LogP contribution in [-0.4, -0.2) is 23.3 Å². The van der Waals surface area contributed by atoms with E-state index in [1.54, 1.807) is 20.8 Å². The zero-order chi connectivity index (χ0) is 9.07. The summed E-state index contributed by atoms with van der Waals surface area (Å²) in [6, 6.07) is 0. The van der Waals surface area contributed by atoms with Crippen molar-refractivity contribution >= 4 is 5.97 Å². The highest BCUT2D eigenvalue weighted by Crippen LogP contribution is 2.09. The zero-order valence-corrected chi connectivity index (χ0v) is 7.18. The highest BCUT2D eigenvalue weighted by atomic mass is 16.6. The molecule has 0 rings (SSSR count). The fraction of sp³-hybridized carbons (Fsp3) is 0.625. The number of rotatable bonds is 3. The van der Waals surface area contributed by atoms with Crippen LogP contribution in [0.1, 0.15) is 20.8 Å². The average Bonchev–Trinajstić information content (AvgIpc) is 1.87. The van der Waals surface area contributed by atoms with Gasteiger partial charge in [-0.2, -0.15) is 0 Å². The molecule has 1 N–H and O–H groups in total. The van der Waals surface area contributed by atoms with Crippen LogP contribution < -0.4 is 0 Å². The molecule has 0 bridgehead atoms. The van der Waals surface area contributed by atoms with Gasteiger partial charge in [-0.25, -0.2) is 4.79 Å². The van der Waals surface area contributed by atoms with Crippen LogP contribution in [-0.2, 0) is 9.53 Å². The van der Waals surface area contributed by atoms with Crippen LogP contribution in [0.5, 0.6) is 0 Å². The minimum atomic E-state index is -0.809. The lowest BCUT2D eigenvalue weighted by atomic mass is 10.1. The van der Waals surface area contributed by atoms with Gasteiger partial charge in [0.05, 0.1) is 6.61 Å². The molecular formula is C8H14O3. The van der Waals surface area contributed by atoms with Gasteiger partial charge in [-0.3, -0.25) is 0 Å². The molecule has 0 aliphatic carbocycles. The molecule has 3 heteroatoms. The number of aliphatic hydroxyl groups excluding tert-OH is 1. The molecule has 0 amide bonds. The summed E-state index contributed by atoms with van der Waals surface area (Å²) >= 11 is 0. The van der Waals surface area contributed by atoms with E-state index in [1.165, 1.54) is 0 Å². The number of ether oxygens (including phenoxy) is 1. The lowest BCUT2D eigenvalue weighted by molar-refractivity contribution is -0.154. The van der Waals surface area contributed by atoms with Gasteiger partial charge in [0.15, 0.2) is 0 Å². The summed E-state index contributed by atoms with van der Waals surface area (Å²) in [5.41, 5.74) is -0.470. The molecule has 0 aliphatic heterocycles. The van der Waals surface area contributed by atoms with Gasteiger partial charge in [0.2, 0.25) is 0 Å². The van der Waals surface area contributed by atoms with Crippen molar-refractivity contribution in [3.63, 3.8) is 0 Å². The van der Waals surface area contributed by atoms with Gasteiger partial charge in [-0.15, -0.1) is 0 Å². The van der Waals surface area contributed by atoms with Crippen LogP contribution in [0.15, 0.2) is 12.2 Å². The molecule has 0 spiro atoms. The number of esters is 1. The average molecular weight is 158 g/mol. The zero-order valence-electron chi connectivity index (χ0n) is 7.18. The summed E-state index contributed by atoms with van der Waals surface area (Å²) in [5, 5.41) is 8.72. The lowest BCUT2D eigenvalue weighted by Crippen LogP contribution is -2.32. The topological polar surface area (TPSA) is 46.5 Å². The fourth-order valence-electron chi connectivity index (χ4n) is 0.370. The first-order valence-corrected chi connectivity index (χ1v) is 3.39. The van der Waals surface area contributed by atoms with Crippen LogP contribution in [0.4, 0.5) is 0 Å². The van der Waals surface area contributed by atoms with E-state index in [9.17, 15) is 4.79 Å². The Hall–Kier alpha value is -0.830. The summed E-state index contributed by atoms with van der Waals surface area (Å²) in [6.07, 6.45) is 0. The van der Waals surface area contributed by atoms with Gasteiger partial charge in [0.1, 0.15) is 5.60 Å². The maximum absolute atomic E-state index is 10.9. The molecule has 0 unspecified atom stereocenters. The monoisotopic (exact) mass is 158 g/mol. The van der Waals surface area contributed by atoms with Crippen molar-refractivity contribution in [2.24, 2.45) is 0 Å². The molecule has 0 aliphatic rings. The molecule has 0 saturated carbocycles. The molecule has 0 aromatic heterocycles. The molecule has 11 heavy (non-hydrogen) atoms. The summed E-state index contributed by atoms with van der Waals surface area (Å²) in [5.74, 6) is -0.468. The summed E-state index contributed by atoms with van der Waals surface area (Å²) < 4.78 is 4.86. The minimum Gasteiger partial charge on any atom is -0.454 e. The number of hydrogen-bond donors (Lipinski definition) is 1. The van der Waals surface area contributed by atoms with Crippen LogP contribution >= 0.6 is 0 Å². The van der Waals surface area contributed by atoms with E-state index in [2.05, 4.69) is 6.58 Å². The fourth-order valence-corrected chi connectivity index (χ4v) is 0.370. The molecule has 0 aromatic carbocycles. The normalized spacial score (nSPS) is 10.9. The lowest BCUT2D eigenvalue weighted by Gasteiger charge is -2.22. The van der Waals surface area contributed by atoms with E-state index < -0.39 is 11.6 Å². The van der Waals surface area contributed by atoms with Crippen LogP contribution in [0.3, 0.4) is 0 Å². The van der Waals surface area contributed by atoms with Gasteiger partial charge in [0, 0.05) is 5.57 Å². The third kappa shape index (κ3) is 3.78. The van der Waals surface area contributed by atoms with E-state index in [-0.39, 0.29) is 6.61 Å². The highest BCUT2D eigenvalue weighted by molar-refractivity contribution is 5.87. The minimum absolute atomic E-state index is 0.188. The summed E-state index contributed by atoms with van der Waals surface area (Å²) in [4.78, 5) is 10.9. The molecular weight excluding hydrogens is 144 g/mol. The van der Waals surface area contributed by atoms with E-state index in [0.29, 0.717) is 5.57 Å². The molecule has 0 radical (unpaired) electrons. The second-order valence-corrected chi connectivity index (χ2v) is 3.09. The molecule has 0 atom stereocenters. The molecule has 0 heterocycles. The maximum Gasteiger partial charge on any atom is 0.333 e. The molecule has 0 aromatic rings. The Bertz CT molecular complexity index is 170. The van der Waals surface area contributed by atoms with Crippen molar-refractivity contribution in [1.29, 1.82) is 0 Å². The van der Waals surface area contributed by atoms with E-state index >= 15 is 0 Å². The van der Waals surface area contributed by atoms with Crippen molar-refractivity contribution in [2.45, 2.75) is 26.4 Å². The Balaban J connectivity index is 4.04. The van der Waals surface area contributed by atoms with Crippen molar-refractivity contribution in [1.82, 2.24) is 0 Å². The first-order valence-electron chi connectivity index (χ1n) is 3.39. The standard InChI is InChI=1S/C8H14O3/c1-6(2)7(10)11-8(3,4)5-9/h9H,1,5H2,2-4H3. The van der Waals surface area contributed by atoms with Gasteiger partial charge >= 0.3 is 5.97 Å². The van der Waals surface area contributed by atoms with Crippen molar-refractivity contribution in [2.75, 3.05) is 6.61 Å². The Morgan fingerprint density at radius 3 is 2.36 bits per heavy atom. The molecule has 3 nitrogen and oxygen atoms in total. The van der Waals surface area contributed by atoms with Gasteiger partial charge in [-0.05, 0) is 20.8 Å². The number of hydrogen-bond acceptors (Lipinski definition) is 3. The number of carbonyl (C=O) groups is 1. The predicted molar refractivity (Wildman–Crippen MR) is 42.1 cm³/mol. The Morgan fingerprint density at radius 2 is 2.09 bits per heavy atom. The van der Waals surface area contributed by atoms with Crippen molar-refractivity contribution in [3.05, 3.63) is 12.2 Å². The van der Waals surface area contributed by atoms with Gasteiger partial charge in [0.25, 0.3) is 0 Å². The second-order valence-electron chi connectivity index (χ2n) is 3.09. The number of aliphatic hydroxyl groups is 1. The first kappa shape index (κ1) is 10.2. The van der Waals surface area contributed by atoms with Crippen LogP contribution in [0.25, 0.3) is 0 Å². The van der Waals surface area contributed by atoms with E-state index in [1.807, 2.05) is 0 Å². The second kappa shape index (κ2) is 3.53. The third-order valence-electron chi connectivity index (χ3n) is 1.10. The third-order valence-corrected chi connectivity index (χ3v) is 1.10. The Morgan fingerprint density at radius 1 is 1.64 bits per heavy atom. The van der Waals surface area contributed by atoms with E-state index in [4.69, 9.17) is 9.84 Å². The molecule has 64 valence electrons. The largest absolute Gasteiger partial charge is 0.454 e. The Kier molecular flexibility index (Phi) is 3.26. The Labute approximate surface area is 66.7 Å². The van der Waals surface area contributed by atoms with Crippen LogP contribution in [0.2, 0.25) is 0 Å². The maximum atomic E-state index is 10.9. The first-order chi connectivity index (χ1) is 4.89.